The fraction of sp³-hybridized carbons (Fsp3) is 0. The quantitative estimate of drug-likeness (QED) is 0.249. The minimum Gasteiger partial charge on any atom is -0.264 e. The van der Waals surface area contributed by atoms with Crippen molar-refractivity contribution in [3.63, 3.8) is 0 Å². The first-order valence-electron chi connectivity index (χ1n) is 12.0. The molecule has 3 nitrogen and oxygen atoms in total. The summed E-state index contributed by atoms with van der Waals surface area (Å²) in [5.74, 6) is 0.721. The maximum atomic E-state index is 5.27. The molecule has 3 heteroatoms. The fourth-order valence-corrected chi connectivity index (χ4v) is 5.19. The zero-order valence-corrected chi connectivity index (χ0v) is 19.5. The standard InChI is InChI=1S/C33H21N3/c1-3-11-23(12-4-1)30-26-18-19-34-20-28(26)29-21-35-33(27-17-9-15-22-10-7-8-16-25(22)27)36-32(29)31(30)24-13-5-2-6-14-24/h1-21H. The normalized spacial score (nSPS) is 11.3. The Kier molecular flexibility index (Phi) is 4.78. The van der Waals surface area contributed by atoms with Crippen molar-refractivity contribution in [2.24, 2.45) is 0 Å². The van der Waals surface area contributed by atoms with E-state index >= 15 is 0 Å². The van der Waals surface area contributed by atoms with Crippen LogP contribution in [0.3, 0.4) is 0 Å². The topological polar surface area (TPSA) is 38.7 Å². The molecule has 0 saturated heterocycles. The van der Waals surface area contributed by atoms with Crippen LogP contribution < -0.4 is 0 Å². The fourth-order valence-electron chi connectivity index (χ4n) is 5.19. The third-order valence-corrected chi connectivity index (χ3v) is 6.81. The number of rotatable bonds is 3. The Bertz CT molecular complexity index is 1870. The van der Waals surface area contributed by atoms with E-state index in [2.05, 4.69) is 114 Å². The summed E-state index contributed by atoms with van der Waals surface area (Å²) in [7, 11) is 0. The van der Waals surface area contributed by atoms with Crippen LogP contribution in [0.15, 0.2) is 128 Å². The van der Waals surface area contributed by atoms with Crippen LogP contribution in [0, 0.1) is 0 Å². The van der Waals surface area contributed by atoms with E-state index in [1.165, 1.54) is 5.39 Å². The van der Waals surface area contributed by atoms with E-state index in [1.54, 1.807) is 0 Å². The molecule has 5 aromatic carbocycles. The highest BCUT2D eigenvalue weighted by Gasteiger charge is 2.20. The monoisotopic (exact) mass is 459 g/mol. The number of pyridine rings is 1. The van der Waals surface area contributed by atoms with Gasteiger partial charge in [0.1, 0.15) is 0 Å². The van der Waals surface area contributed by atoms with E-state index in [0.29, 0.717) is 0 Å². The average Bonchev–Trinajstić information content (AvgIpc) is 2.97. The highest BCUT2D eigenvalue weighted by atomic mass is 14.9. The predicted molar refractivity (Wildman–Crippen MR) is 149 cm³/mol. The number of hydrogen-bond donors (Lipinski definition) is 0. The van der Waals surface area contributed by atoms with Crippen molar-refractivity contribution in [1.29, 1.82) is 0 Å². The molecule has 2 heterocycles. The molecule has 0 aliphatic heterocycles. The zero-order chi connectivity index (χ0) is 23.9. The van der Waals surface area contributed by atoms with Crippen LogP contribution in [0.5, 0.6) is 0 Å². The van der Waals surface area contributed by atoms with Gasteiger partial charge in [0, 0.05) is 40.5 Å². The molecule has 0 unspecified atom stereocenters. The molecule has 0 spiro atoms. The van der Waals surface area contributed by atoms with Gasteiger partial charge in [-0.3, -0.25) is 4.98 Å². The first kappa shape index (κ1) is 20.5. The van der Waals surface area contributed by atoms with Crippen LogP contribution in [0.1, 0.15) is 0 Å². The first-order valence-corrected chi connectivity index (χ1v) is 12.0. The second kappa shape index (κ2) is 8.40. The Balaban J connectivity index is 1.65. The number of hydrogen-bond acceptors (Lipinski definition) is 3. The summed E-state index contributed by atoms with van der Waals surface area (Å²) in [5.41, 5.74) is 6.51. The lowest BCUT2D eigenvalue weighted by Crippen LogP contribution is -1.97. The van der Waals surface area contributed by atoms with Crippen molar-refractivity contribution in [3.8, 4) is 33.6 Å². The van der Waals surface area contributed by atoms with Crippen LogP contribution in [-0.4, -0.2) is 15.0 Å². The molecular formula is C33H21N3. The SMILES string of the molecule is c1ccc(-c2c(-c3ccccc3)c3nc(-c4cccc5ccccc45)ncc3c3cnccc23)cc1. The number of fused-ring (bicyclic) bond motifs is 4. The highest BCUT2D eigenvalue weighted by Crippen LogP contribution is 2.43. The molecule has 0 aliphatic rings. The van der Waals surface area contributed by atoms with Crippen molar-refractivity contribution in [2.45, 2.75) is 0 Å². The summed E-state index contributed by atoms with van der Waals surface area (Å²) in [5, 5.41) is 5.52. The molecule has 0 radical (unpaired) electrons. The molecule has 0 saturated carbocycles. The van der Waals surface area contributed by atoms with Crippen molar-refractivity contribution in [1.82, 2.24) is 15.0 Å². The molecule has 0 amide bonds. The van der Waals surface area contributed by atoms with Gasteiger partial charge in [0.05, 0.1) is 5.52 Å². The Morgan fingerprint density at radius 3 is 1.97 bits per heavy atom. The summed E-state index contributed by atoms with van der Waals surface area (Å²) < 4.78 is 0. The second-order valence-corrected chi connectivity index (χ2v) is 8.89. The first-order chi connectivity index (χ1) is 17.9. The molecule has 168 valence electrons. The van der Waals surface area contributed by atoms with E-state index < -0.39 is 0 Å². The van der Waals surface area contributed by atoms with Gasteiger partial charge < -0.3 is 0 Å². The molecule has 0 aliphatic carbocycles. The van der Waals surface area contributed by atoms with E-state index in [0.717, 1.165) is 60.7 Å². The molecule has 7 rings (SSSR count). The van der Waals surface area contributed by atoms with Crippen LogP contribution in [-0.2, 0) is 0 Å². The molecule has 0 bridgehead atoms. The molecule has 36 heavy (non-hydrogen) atoms. The third-order valence-electron chi connectivity index (χ3n) is 6.81. The van der Waals surface area contributed by atoms with Crippen molar-refractivity contribution in [3.05, 3.63) is 128 Å². The smallest absolute Gasteiger partial charge is 0.160 e. The number of nitrogens with zero attached hydrogens (tertiary/aromatic N) is 3. The lowest BCUT2D eigenvalue weighted by Gasteiger charge is -2.18. The van der Waals surface area contributed by atoms with Gasteiger partial charge in [-0.2, -0.15) is 0 Å². The van der Waals surface area contributed by atoms with Gasteiger partial charge in [-0.05, 0) is 38.9 Å². The Labute approximate surface area is 208 Å². The number of aromatic nitrogens is 3. The van der Waals surface area contributed by atoms with Gasteiger partial charge in [-0.25, -0.2) is 9.97 Å². The molecule has 7 aromatic rings. The predicted octanol–water partition coefficient (Wildman–Crippen LogP) is 8.33. The van der Waals surface area contributed by atoms with Gasteiger partial charge in [0.2, 0.25) is 0 Å². The highest BCUT2D eigenvalue weighted by molar-refractivity contribution is 6.20. The van der Waals surface area contributed by atoms with Gasteiger partial charge in [-0.1, -0.05) is 103 Å². The van der Waals surface area contributed by atoms with Gasteiger partial charge in [0.15, 0.2) is 5.82 Å². The Morgan fingerprint density at radius 2 is 1.17 bits per heavy atom. The Morgan fingerprint density at radius 1 is 0.472 bits per heavy atom. The van der Waals surface area contributed by atoms with Crippen LogP contribution >= 0.6 is 0 Å². The molecular weight excluding hydrogens is 438 g/mol. The van der Waals surface area contributed by atoms with Crippen molar-refractivity contribution < 1.29 is 0 Å². The van der Waals surface area contributed by atoms with Gasteiger partial charge >= 0.3 is 0 Å². The van der Waals surface area contributed by atoms with E-state index in [9.17, 15) is 0 Å². The maximum Gasteiger partial charge on any atom is 0.160 e. The second-order valence-electron chi connectivity index (χ2n) is 8.89. The van der Waals surface area contributed by atoms with E-state index in [4.69, 9.17) is 9.97 Å². The zero-order valence-electron chi connectivity index (χ0n) is 19.5. The summed E-state index contributed by atoms with van der Waals surface area (Å²) in [6, 6.07) is 37.9. The number of benzene rings is 5. The summed E-state index contributed by atoms with van der Waals surface area (Å²) >= 11 is 0. The summed E-state index contributed by atoms with van der Waals surface area (Å²) in [4.78, 5) is 14.6. The average molecular weight is 460 g/mol. The maximum absolute atomic E-state index is 5.27. The minimum absolute atomic E-state index is 0.721. The Hall–Kier alpha value is -4.89. The van der Waals surface area contributed by atoms with Crippen molar-refractivity contribution in [2.75, 3.05) is 0 Å². The molecule has 0 atom stereocenters. The summed E-state index contributed by atoms with van der Waals surface area (Å²) in [6.45, 7) is 0. The van der Waals surface area contributed by atoms with Crippen LogP contribution in [0.4, 0.5) is 0 Å². The van der Waals surface area contributed by atoms with Crippen LogP contribution in [0.2, 0.25) is 0 Å². The molecule has 2 aromatic heterocycles. The third kappa shape index (κ3) is 3.25. The van der Waals surface area contributed by atoms with E-state index in [-0.39, 0.29) is 0 Å². The van der Waals surface area contributed by atoms with Gasteiger partial charge in [-0.15, -0.1) is 0 Å². The van der Waals surface area contributed by atoms with Crippen molar-refractivity contribution >= 4 is 32.4 Å². The largest absolute Gasteiger partial charge is 0.264 e. The van der Waals surface area contributed by atoms with Crippen LogP contribution in [0.25, 0.3) is 66.1 Å². The van der Waals surface area contributed by atoms with Gasteiger partial charge in [0.25, 0.3) is 0 Å². The van der Waals surface area contributed by atoms with E-state index in [1.807, 2.05) is 18.6 Å². The lowest BCUT2D eigenvalue weighted by molar-refractivity contribution is 1.23. The summed E-state index contributed by atoms with van der Waals surface area (Å²) in [6.07, 6.45) is 5.76. The molecule has 0 fully saturated rings. The minimum atomic E-state index is 0.721. The lowest BCUT2D eigenvalue weighted by atomic mass is 9.88. The molecule has 0 N–H and O–H groups in total.